The van der Waals surface area contributed by atoms with E-state index >= 15 is 0 Å². The van der Waals surface area contributed by atoms with Gasteiger partial charge < -0.3 is 11.1 Å². The van der Waals surface area contributed by atoms with Crippen molar-refractivity contribution >= 4 is 33.2 Å². The summed E-state index contributed by atoms with van der Waals surface area (Å²) in [6.45, 7) is 4.75. The van der Waals surface area contributed by atoms with Crippen LogP contribution in [0.15, 0.2) is 46.9 Å². The van der Waals surface area contributed by atoms with E-state index < -0.39 is 0 Å². The maximum atomic E-state index is 6.02. The fourth-order valence-corrected chi connectivity index (χ4v) is 2.75. The van der Waals surface area contributed by atoms with Crippen LogP contribution in [0.3, 0.4) is 0 Å². The Morgan fingerprint density at radius 1 is 1.19 bits per heavy atom. The number of hydrogen-bond acceptors (Lipinski definition) is 2. The Hall–Kier alpha value is -1.03. The molecule has 4 heteroatoms. The lowest BCUT2D eigenvalue weighted by Crippen LogP contribution is -2.44. The minimum absolute atomic E-state index is 0.218. The lowest BCUT2D eigenvalue weighted by atomic mass is 9.92. The van der Waals surface area contributed by atoms with Crippen LogP contribution in [0, 0.1) is 6.92 Å². The molecule has 2 aromatic rings. The third kappa shape index (κ3) is 4.47. The maximum Gasteiger partial charge on any atom is 0.0508 e. The summed E-state index contributed by atoms with van der Waals surface area (Å²) in [6.07, 6.45) is 0.834. The zero-order valence-corrected chi connectivity index (χ0v) is 14.6. The molecule has 2 nitrogen and oxygen atoms in total. The van der Waals surface area contributed by atoms with Gasteiger partial charge in [-0.25, -0.2) is 0 Å². The molecular weight excluding hydrogens is 348 g/mol. The van der Waals surface area contributed by atoms with E-state index in [2.05, 4.69) is 53.3 Å². The third-order valence-electron chi connectivity index (χ3n) is 3.52. The van der Waals surface area contributed by atoms with Gasteiger partial charge in [-0.1, -0.05) is 29.8 Å². The molecule has 1 atom stereocenters. The molecule has 3 N–H and O–H groups in total. The smallest absolute Gasteiger partial charge is 0.0508 e. The van der Waals surface area contributed by atoms with Crippen molar-refractivity contribution in [2.45, 2.75) is 25.8 Å². The van der Waals surface area contributed by atoms with E-state index in [0.717, 1.165) is 21.6 Å². The second-order valence-corrected chi connectivity index (χ2v) is 6.97. The third-order valence-corrected chi connectivity index (χ3v) is 4.46. The number of aryl methyl sites for hydroxylation is 1. The first-order chi connectivity index (χ1) is 9.92. The average molecular weight is 368 g/mol. The van der Waals surface area contributed by atoms with Crippen molar-refractivity contribution in [1.29, 1.82) is 0 Å². The highest BCUT2D eigenvalue weighted by Crippen LogP contribution is 2.28. The van der Waals surface area contributed by atoms with E-state index in [9.17, 15) is 0 Å². The predicted octanol–water partition coefficient (Wildman–Crippen LogP) is 4.78. The molecule has 112 valence electrons. The summed E-state index contributed by atoms with van der Waals surface area (Å²) >= 11 is 9.52. The highest BCUT2D eigenvalue weighted by atomic mass is 79.9. The van der Waals surface area contributed by atoms with Crippen LogP contribution in [0.2, 0.25) is 5.02 Å². The minimum Gasteiger partial charge on any atom is -0.377 e. The van der Waals surface area contributed by atoms with Crippen LogP contribution in [0.4, 0.5) is 5.69 Å². The molecule has 0 aliphatic carbocycles. The van der Waals surface area contributed by atoms with Gasteiger partial charge in [0.15, 0.2) is 0 Å². The van der Waals surface area contributed by atoms with Crippen molar-refractivity contribution in [3.8, 4) is 0 Å². The molecule has 1 unspecified atom stereocenters. The molecular formula is C17H20BrClN2. The Balaban J connectivity index is 2.20. The SMILES string of the molecule is Cc1ccc(Br)c(NC(C)(CN)Cc2ccc(Cl)cc2)c1. The van der Waals surface area contributed by atoms with Crippen LogP contribution in [-0.4, -0.2) is 12.1 Å². The molecule has 0 heterocycles. The van der Waals surface area contributed by atoms with Crippen LogP contribution in [0.5, 0.6) is 0 Å². The standard InChI is InChI=1S/C17H20BrClN2/c1-12-3-8-15(18)16(9-12)21-17(2,11-20)10-13-4-6-14(19)7-5-13/h3-9,21H,10-11,20H2,1-2H3. The molecule has 0 saturated heterocycles. The second kappa shape index (κ2) is 6.82. The fourth-order valence-electron chi connectivity index (χ4n) is 2.28. The van der Waals surface area contributed by atoms with Crippen molar-refractivity contribution in [3.63, 3.8) is 0 Å². The van der Waals surface area contributed by atoms with Crippen LogP contribution >= 0.6 is 27.5 Å². The molecule has 0 saturated carbocycles. The Morgan fingerprint density at radius 3 is 2.48 bits per heavy atom. The van der Waals surface area contributed by atoms with Crippen molar-refractivity contribution in [1.82, 2.24) is 0 Å². The van der Waals surface area contributed by atoms with Gasteiger partial charge in [-0.05, 0) is 71.6 Å². The van der Waals surface area contributed by atoms with Gasteiger partial charge in [-0.3, -0.25) is 0 Å². The lowest BCUT2D eigenvalue weighted by molar-refractivity contribution is 0.520. The summed E-state index contributed by atoms with van der Waals surface area (Å²) in [5, 5.41) is 4.32. The summed E-state index contributed by atoms with van der Waals surface area (Å²) in [4.78, 5) is 0. The average Bonchev–Trinajstić information content (AvgIpc) is 2.45. The lowest BCUT2D eigenvalue weighted by Gasteiger charge is -2.31. The molecule has 0 radical (unpaired) electrons. The number of hydrogen-bond donors (Lipinski definition) is 2. The Kier molecular flexibility index (Phi) is 5.31. The molecule has 21 heavy (non-hydrogen) atoms. The molecule has 0 aliphatic rings. The van der Waals surface area contributed by atoms with E-state index in [4.69, 9.17) is 17.3 Å². The topological polar surface area (TPSA) is 38.0 Å². The number of nitrogens with two attached hydrogens (primary N) is 1. The van der Waals surface area contributed by atoms with Crippen molar-refractivity contribution in [2.24, 2.45) is 5.73 Å². The van der Waals surface area contributed by atoms with Crippen LogP contribution in [-0.2, 0) is 6.42 Å². The minimum atomic E-state index is -0.218. The molecule has 2 aromatic carbocycles. The summed E-state index contributed by atoms with van der Waals surface area (Å²) in [5.74, 6) is 0. The first-order valence-corrected chi connectivity index (χ1v) is 8.08. The molecule has 2 rings (SSSR count). The molecule has 0 aliphatic heterocycles. The summed E-state index contributed by atoms with van der Waals surface area (Å²) in [5.41, 5.74) is 9.29. The first-order valence-electron chi connectivity index (χ1n) is 6.91. The number of anilines is 1. The van der Waals surface area contributed by atoms with Gasteiger partial charge in [-0.2, -0.15) is 0 Å². The highest BCUT2D eigenvalue weighted by Gasteiger charge is 2.23. The molecule has 0 fully saturated rings. The summed E-state index contributed by atoms with van der Waals surface area (Å²) < 4.78 is 1.05. The Morgan fingerprint density at radius 2 is 1.86 bits per heavy atom. The van der Waals surface area contributed by atoms with Gasteiger partial charge in [0.2, 0.25) is 0 Å². The zero-order chi connectivity index (χ0) is 15.5. The van der Waals surface area contributed by atoms with E-state index in [1.807, 2.05) is 24.3 Å². The van der Waals surface area contributed by atoms with Gasteiger partial charge in [0.1, 0.15) is 0 Å². The van der Waals surface area contributed by atoms with Crippen molar-refractivity contribution in [2.75, 3.05) is 11.9 Å². The van der Waals surface area contributed by atoms with E-state index in [0.29, 0.717) is 6.54 Å². The van der Waals surface area contributed by atoms with E-state index in [-0.39, 0.29) is 5.54 Å². The van der Waals surface area contributed by atoms with E-state index in [1.165, 1.54) is 11.1 Å². The highest BCUT2D eigenvalue weighted by molar-refractivity contribution is 9.10. The zero-order valence-electron chi connectivity index (χ0n) is 12.3. The quantitative estimate of drug-likeness (QED) is 0.798. The van der Waals surface area contributed by atoms with Gasteiger partial charge in [0.25, 0.3) is 0 Å². The number of benzene rings is 2. The maximum absolute atomic E-state index is 6.02. The molecule has 0 spiro atoms. The van der Waals surface area contributed by atoms with Crippen molar-refractivity contribution in [3.05, 3.63) is 63.1 Å². The molecule has 0 amide bonds. The van der Waals surface area contributed by atoms with E-state index in [1.54, 1.807) is 0 Å². The summed E-state index contributed by atoms with van der Waals surface area (Å²) in [7, 11) is 0. The Bertz CT molecular complexity index is 613. The van der Waals surface area contributed by atoms with Crippen LogP contribution in [0.25, 0.3) is 0 Å². The van der Waals surface area contributed by atoms with Gasteiger partial charge in [-0.15, -0.1) is 0 Å². The molecule has 0 bridgehead atoms. The number of nitrogens with one attached hydrogen (secondary N) is 1. The number of halogens is 2. The monoisotopic (exact) mass is 366 g/mol. The Labute approximate surface area is 139 Å². The van der Waals surface area contributed by atoms with Gasteiger partial charge in [0, 0.05) is 21.7 Å². The van der Waals surface area contributed by atoms with Crippen molar-refractivity contribution < 1.29 is 0 Å². The van der Waals surface area contributed by atoms with Gasteiger partial charge >= 0.3 is 0 Å². The van der Waals surface area contributed by atoms with Gasteiger partial charge in [0.05, 0.1) is 5.54 Å². The first kappa shape index (κ1) is 16.3. The normalized spacial score (nSPS) is 13.8. The summed E-state index contributed by atoms with van der Waals surface area (Å²) in [6, 6.07) is 14.2. The number of rotatable bonds is 5. The molecule has 0 aromatic heterocycles. The fraction of sp³-hybridized carbons (Fsp3) is 0.294. The van der Waals surface area contributed by atoms with Crippen LogP contribution < -0.4 is 11.1 Å². The predicted molar refractivity (Wildman–Crippen MR) is 95.1 cm³/mol. The largest absolute Gasteiger partial charge is 0.377 e. The second-order valence-electron chi connectivity index (χ2n) is 5.68. The van der Waals surface area contributed by atoms with Crippen LogP contribution in [0.1, 0.15) is 18.1 Å².